The van der Waals surface area contributed by atoms with Gasteiger partial charge in [0.1, 0.15) is 0 Å². The van der Waals surface area contributed by atoms with E-state index in [-0.39, 0.29) is 0 Å². The Kier molecular flexibility index (Phi) is 7.75. The summed E-state index contributed by atoms with van der Waals surface area (Å²) in [5.41, 5.74) is 3.59. The van der Waals surface area contributed by atoms with Crippen LogP contribution in [0, 0.1) is 0 Å². The highest BCUT2D eigenvalue weighted by Gasteiger charge is 2.04. The second-order valence-electron chi connectivity index (χ2n) is 5.93. The van der Waals surface area contributed by atoms with E-state index in [9.17, 15) is 4.79 Å². The van der Waals surface area contributed by atoms with Crippen molar-refractivity contribution in [1.29, 1.82) is 0 Å². The van der Waals surface area contributed by atoms with Crippen LogP contribution in [0.4, 0.5) is 0 Å². The van der Waals surface area contributed by atoms with Gasteiger partial charge in [-0.25, -0.2) is 0 Å². The Morgan fingerprint density at radius 2 is 1.62 bits per heavy atom. The van der Waals surface area contributed by atoms with E-state index in [2.05, 4.69) is 41.4 Å². The Hall–Kier alpha value is -2.42. The van der Waals surface area contributed by atoms with Crippen LogP contribution in [0.2, 0.25) is 0 Å². The van der Waals surface area contributed by atoms with Gasteiger partial charge < -0.3 is 5.11 Å². The molecule has 1 N–H and O–H groups in total. The van der Waals surface area contributed by atoms with Gasteiger partial charge in [-0.15, -0.1) is 0 Å². The Morgan fingerprint density at radius 1 is 0.917 bits per heavy atom. The number of nitrogens with zero attached hydrogens (tertiary/aromatic N) is 1. The molecule has 0 bridgehead atoms. The molecule has 0 aliphatic heterocycles. The zero-order valence-corrected chi connectivity index (χ0v) is 14.0. The van der Waals surface area contributed by atoms with Gasteiger partial charge >= 0.3 is 5.97 Å². The third-order valence-electron chi connectivity index (χ3n) is 4.00. The van der Waals surface area contributed by atoms with Crippen molar-refractivity contribution in [2.45, 2.75) is 44.9 Å². The van der Waals surface area contributed by atoms with Crippen LogP contribution in [0.1, 0.15) is 56.1 Å². The predicted octanol–water partition coefficient (Wildman–Crippen LogP) is 5.33. The molecule has 2 aromatic rings. The Bertz CT molecular complexity index is 594. The zero-order valence-electron chi connectivity index (χ0n) is 14.0. The van der Waals surface area contributed by atoms with Crippen LogP contribution < -0.4 is 0 Å². The van der Waals surface area contributed by atoms with Crippen molar-refractivity contribution in [1.82, 2.24) is 4.98 Å². The van der Waals surface area contributed by atoms with Crippen LogP contribution in [0.25, 0.3) is 5.57 Å². The molecular formula is C21H25NO2. The summed E-state index contributed by atoms with van der Waals surface area (Å²) in [6, 6.07) is 14.5. The molecule has 0 saturated heterocycles. The standard InChI is InChI=1S/C21H25NO2/c23-21(24)15-9-4-2-1-3-8-14-20(18-11-6-5-7-12-18)19-13-10-16-22-17-19/h5-7,10-14,16-17H,1-4,8-9,15H2,(H,23,24)/b20-14+. The third kappa shape index (κ3) is 6.37. The summed E-state index contributed by atoms with van der Waals surface area (Å²) >= 11 is 0. The number of aliphatic carboxylic acids is 1. The Balaban J connectivity index is 1.87. The molecule has 0 aliphatic rings. The van der Waals surface area contributed by atoms with E-state index in [0.717, 1.165) is 44.1 Å². The monoisotopic (exact) mass is 323 g/mol. The first-order valence-electron chi connectivity index (χ1n) is 8.65. The first-order valence-corrected chi connectivity index (χ1v) is 8.65. The van der Waals surface area contributed by atoms with E-state index in [1.165, 1.54) is 11.1 Å². The number of pyridine rings is 1. The molecule has 0 fully saturated rings. The average Bonchev–Trinajstić information content (AvgIpc) is 2.62. The number of allylic oxidation sites excluding steroid dienone is 1. The second-order valence-corrected chi connectivity index (χ2v) is 5.93. The molecule has 0 radical (unpaired) electrons. The molecule has 2 rings (SSSR count). The summed E-state index contributed by atoms with van der Waals surface area (Å²) in [4.78, 5) is 14.7. The fourth-order valence-corrected chi connectivity index (χ4v) is 2.74. The number of rotatable bonds is 10. The number of aromatic nitrogens is 1. The van der Waals surface area contributed by atoms with Crippen molar-refractivity contribution in [3.8, 4) is 0 Å². The maximum absolute atomic E-state index is 10.5. The number of benzene rings is 1. The van der Waals surface area contributed by atoms with Gasteiger partial charge in [-0.1, -0.05) is 61.7 Å². The molecule has 0 unspecified atom stereocenters. The zero-order chi connectivity index (χ0) is 17.0. The molecule has 0 amide bonds. The molecule has 0 atom stereocenters. The molecule has 1 aromatic carbocycles. The van der Waals surface area contributed by atoms with E-state index in [0.29, 0.717) is 6.42 Å². The summed E-state index contributed by atoms with van der Waals surface area (Å²) in [6.45, 7) is 0. The number of hydrogen-bond donors (Lipinski definition) is 1. The molecule has 0 saturated carbocycles. The van der Waals surface area contributed by atoms with Crippen molar-refractivity contribution in [2.24, 2.45) is 0 Å². The number of carboxylic acid groups (broad SMARTS) is 1. The fraction of sp³-hybridized carbons (Fsp3) is 0.333. The maximum Gasteiger partial charge on any atom is 0.303 e. The van der Waals surface area contributed by atoms with Crippen LogP contribution in [0.15, 0.2) is 60.9 Å². The molecule has 24 heavy (non-hydrogen) atoms. The van der Waals surface area contributed by atoms with Crippen LogP contribution in [0.3, 0.4) is 0 Å². The van der Waals surface area contributed by atoms with Gasteiger partial charge in [0, 0.05) is 24.4 Å². The summed E-state index contributed by atoms with van der Waals surface area (Å²) in [5.74, 6) is -0.693. The SMILES string of the molecule is O=C(O)CCCCCCC/C=C(\c1ccccc1)c1cccnc1. The van der Waals surface area contributed by atoms with Crippen molar-refractivity contribution in [2.75, 3.05) is 0 Å². The summed E-state index contributed by atoms with van der Waals surface area (Å²) in [6.07, 6.45) is 12.5. The lowest BCUT2D eigenvalue weighted by Crippen LogP contribution is -1.93. The second kappa shape index (κ2) is 10.4. The number of hydrogen-bond acceptors (Lipinski definition) is 2. The van der Waals surface area contributed by atoms with Gasteiger partial charge in [0.15, 0.2) is 0 Å². The minimum atomic E-state index is -0.693. The molecule has 1 heterocycles. The molecule has 0 spiro atoms. The molecule has 1 aromatic heterocycles. The minimum absolute atomic E-state index is 0.291. The fourth-order valence-electron chi connectivity index (χ4n) is 2.74. The minimum Gasteiger partial charge on any atom is -0.481 e. The van der Waals surface area contributed by atoms with Gasteiger partial charge in [-0.3, -0.25) is 9.78 Å². The molecular weight excluding hydrogens is 298 g/mol. The van der Waals surface area contributed by atoms with Crippen molar-refractivity contribution < 1.29 is 9.90 Å². The normalized spacial score (nSPS) is 11.4. The first-order chi connectivity index (χ1) is 11.8. The van der Waals surface area contributed by atoms with E-state index < -0.39 is 5.97 Å². The summed E-state index contributed by atoms with van der Waals surface area (Å²) in [7, 11) is 0. The maximum atomic E-state index is 10.5. The molecule has 126 valence electrons. The quantitative estimate of drug-likeness (QED) is 0.601. The highest BCUT2D eigenvalue weighted by atomic mass is 16.4. The van der Waals surface area contributed by atoms with Crippen LogP contribution in [-0.2, 0) is 4.79 Å². The summed E-state index contributed by atoms with van der Waals surface area (Å²) < 4.78 is 0. The van der Waals surface area contributed by atoms with Gasteiger partial charge in [-0.2, -0.15) is 0 Å². The number of carboxylic acids is 1. The Labute approximate surface area is 144 Å². The molecule has 3 heteroatoms. The van der Waals surface area contributed by atoms with Gasteiger partial charge in [0.05, 0.1) is 0 Å². The van der Waals surface area contributed by atoms with Crippen LogP contribution in [0.5, 0.6) is 0 Å². The largest absolute Gasteiger partial charge is 0.481 e. The van der Waals surface area contributed by atoms with E-state index >= 15 is 0 Å². The van der Waals surface area contributed by atoms with Crippen LogP contribution >= 0.6 is 0 Å². The van der Waals surface area contributed by atoms with Crippen LogP contribution in [-0.4, -0.2) is 16.1 Å². The van der Waals surface area contributed by atoms with Gasteiger partial charge in [0.25, 0.3) is 0 Å². The third-order valence-corrected chi connectivity index (χ3v) is 4.00. The molecule has 0 aliphatic carbocycles. The lowest BCUT2D eigenvalue weighted by molar-refractivity contribution is -0.137. The van der Waals surface area contributed by atoms with E-state index in [1.807, 2.05) is 18.3 Å². The first kappa shape index (κ1) is 17.9. The number of carbonyl (C=O) groups is 1. The van der Waals surface area contributed by atoms with E-state index in [1.54, 1.807) is 6.20 Å². The van der Waals surface area contributed by atoms with Crippen molar-refractivity contribution in [3.05, 3.63) is 72.1 Å². The number of unbranched alkanes of at least 4 members (excludes halogenated alkanes) is 5. The lowest BCUT2D eigenvalue weighted by atomic mass is 9.97. The Morgan fingerprint density at radius 3 is 2.33 bits per heavy atom. The predicted molar refractivity (Wildman–Crippen MR) is 97.7 cm³/mol. The lowest BCUT2D eigenvalue weighted by Gasteiger charge is -2.08. The average molecular weight is 323 g/mol. The summed E-state index contributed by atoms with van der Waals surface area (Å²) in [5, 5.41) is 8.62. The van der Waals surface area contributed by atoms with Gasteiger partial charge in [0.2, 0.25) is 0 Å². The smallest absolute Gasteiger partial charge is 0.303 e. The van der Waals surface area contributed by atoms with Crippen molar-refractivity contribution in [3.63, 3.8) is 0 Å². The highest BCUT2D eigenvalue weighted by molar-refractivity contribution is 5.79. The molecule has 3 nitrogen and oxygen atoms in total. The van der Waals surface area contributed by atoms with Crippen molar-refractivity contribution >= 4 is 11.5 Å². The van der Waals surface area contributed by atoms with E-state index in [4.69, 9.17) is 5.11 Å². The van der Waals surface area contributed by atoms with Gasteiger partial charge in [-0.05, 0) is 36.5 Å². The topological polar surface area (TPSA) is 50.2 Å². The highest BCUT2D eigenvalue weighted by Crippen LogP contribution is 2.23.